The summed E-state index contributed by atoms with van der Waals surface area (Å²) in [6.45, 7) is 6.45. The fraction of sp³-hybridized carbons (Fsp3) is 0.346. The number of hydrogen-bond donors (Lipinski definition) is 1. The quantitative estimate of drug-likeness (QED) is 0.589. The third-order valence-corrected chi connectivity index (χ3v) is 6.21. The van der Waals surface area contributed by atoms with E-state index in [1.165, 1.54) is 0 Å². The van der Waals surface area contributed by atoms with Gasteiger partial charge in [0.25, 0.3) is 0 Å². The lowest BCUT2D eigenvalue weighted by Crippen LogP contribution is -2.43. The van der Waals surface area contributed by atoms with Gasteiger partial charge in [0.05, 0.1) is 17.9 Å². The van der Waals surface area contributed by atoms with Gasteiger partial charge in [0.15, 0.2) is 0 Å². The number of aromatic nitrogens is 2. The molecule has 2 amide bonds. The van der Waals surface area contributed by atoms with Crippen LogP contribution in [-0.4, -0.2) is 39.6 Å². The van der Waals surface area contributed by atoms with Gasteiger partial charge < -0.3 is 10.2 Å². The largest absolute Gasteiger partial charge is 0.333 e. The van der Waals surface area contributed by atoms with Gasteiger partial charge >= 0.3 is 0 Å². The standard InChI is InChI=1S/C26H30N4O2/c1-4-29(26(32)21-14-10-15-21)17-23(31)27-25-24(20-12-6-5-7-13-20)19(3)28-30(25)22-16-9-8-11-18(22)2/h5-9,11-13,16,21H,4,10,14-15,17H2,1-3H3,(H,27,31). The van der Waals surface area contributed by atoms with Crippen LogP contribution < -0.4 is 5.32 Å². The summed E-state index contributed by atoms with van der Waals surface area (Å²) in [6.07, 6.45) is 2.94. The normalized spacial score (nSPS) is 13.5. The number of benzene rings is 2. The predicted octanol–water partition coefficient (Wildman–Crippen LogP) is 4.74. The summed E-state index contributed by atoms with van der Waals surface area (Å²) >= 11 is 0. The Hall–Kier alpha value is -3.41. The fourth-order valence-corrected chi connectivity index (χ4v) is 4.17. The van der Waals surface area contributed by atoms with E-state index < -0.39 is 0 Å². The Morgan fingerprint density at radius 1 is 1.06 bits per heavy atom. The molecule has 1 aliphatic carbocycles. The summed E-state index contributed by atoms with van der Waals surface area (Å²) < 4.78 is 1.80. The van der Waals surface area contributed by atoms with Crippen LogP contribution >= 0.6 is 0 Å². The van der Waals surface area contributed by atoms with Crippen LogP contribution in [0.2, 0.25) is 0 Å². The number of carbonyl (C=O) groups is 2. The van der Waals surface area contributed by atoms with E-state index in [0.717, 1.165) is 47.3 Å². The molecule has 1 saturated carbocycles. The van der Waals surface area contributed by atoms with Crippen molar-refractivity contribution in [2.75, 3.05) is 18.4 Å². The van der Waals surface area contributed by atoms with Gasteiger partial charge in [-0.3, -0.25) is 9.59 Å². The van der Waals surface area contributed by atoms with Crippen molar-refractivity contribution in [3.05, 3.63) is 65.9 Å². The van der Waals surface area contributed by atoms with E-state index >= 15 is 0 Å². The minimum atomic E-state index is -0.216. The topological polar surface area (TPSA) is 67.2 Å². The number of para-hydroxylation sites is 1. The second-order valence-corrected chi connectivity index (χ2v) is 8.40. The first-order valence-corrected chi connectivity index (χ1v) is 11.3. The van der Waals surface area contributed by atoms with Crippen LogP contribution in [0.5, 0.6) is 0 Å². The summed E-state index contributed by atoms with van der Waals surface area (Å²) in [5, 5.41) is 7.86. The molecule has 0 saturated heterocycles. The number of aryl methyl sites for hydroxylation is 2. The number of rotatable bonds is 7. The van der Waals surface area contributed by atoms with Crippen LogP contribution in [0.15, 0.2) is 54.6 Å². The van der Waals surface area contributed by atoms with Crippen LogP contribution in [0.4, 0.5) is 5.82 Å². The average Bonchev–Trinajstić information content (AvgIpc) is 3.07. The van der Waals surface area contributed by atoms with Crippen LogP contribution in [0.3, 0.4) is 0 Å². The molecule has 4 rings (SSSR count). The van der Waals surface area contributed by atoms with E-state index in [1.807, 2.05) is 75.4 Å². The van der Waals surface area contributed by atoms with Crippen molar-refractivity contribution in [3.8, 4) is 16.8 Å². The first kappa shape index (κ1) is 21.8. The first-order valence-electron chi connectivity index (χ1n) is 11.3. The number of amides is 2. The van der Waals surface area contributed by atoms with Crippen molar-refractivity contribution in [3.63, 3.8) is 0 Å². The van der Waals surface area contributed by atoms with E-state index in [1.54, 1.807) is 9.58 Å². The van der Waals surface area contributed by atoms with Crippen LogP contribution in [0, 0.1) is 19.8 Å². The van der Waals surface area contributed by atoms with E-state index in [4.69, 9.17) is 5.10 Å². The molecule has 2 aromatic carbocycles. The molecule has 1 aromatic heterocycles. The van der Waals surface area contributed by atoms with E-state index in [0.29, 0.717) is 12.4 Å². The van der Waals surface area contributed by atoms with Crippen LogP contribution in [-0.2, 0) is 9.59 Å². The summed E-state index contributed by atoms with van der Waals surface area (Å²) in [4.78, 5) is 27.5. The third kappa shape index (κ3) is 4.31. The van der Waals surface area contributed by atoms with E-state index in [2.05, 4.69) is 5.32 Å². The Labute approximate surface area is 189 Å². The maximum atomic E-state index is 13.1. The number of hydrogen-bond acceptors (Lipinski definition) is 3. The van der Waals surface area contributed by atoms with Crippen molar-refractivity contribution in [1.29, 1.82) is 0 Å². The molecule has 0 spiro atoms. The number of anilines is 1. The van der Waals surface area contributed by atoms with Gasteiger partial charge in [-0.25, -0.2) is 4.68 Å². The van der Waals surface area contributed by atoms with Crippen molar-refractivity contribution >= 4 is 17.6 Å². The molecule has 166 valence electrons. The highest BCUT2D eigenvalue weighted by Gasteiger charge is 2.30. The molecule has 1 fully saturated rings. The Morgan fingerprint density at radius 3 is 2.38 bits per heavy atom. The van der Waals surface area contributed by atoms with Crippen LogP contribution in [0.25, 0.3) is 16.8 Å². The highest BCUT2D eigenvalue weighted by Crippen LogP contribution is 2.34. The first-order chi connectivity index (χ1) is 15.5. The number of carbonyl (C=O) groups excluding carboxylic acids is 2. The van der Waals surface area contributed by atoms with E-state index in [-0.39, 0.29) is 24.3 Å². The molecule has 6 heteroatoms. The van der Waals surface area contributed by atoms with Gasteiger partial charge in [-0.15, -0.1) is 0 Å². The average molecular weight is 431 g/mol. The fourth-order valence-electron chi connectivity index (χ4n) is 4.17. The Kier molecular flexibility index (Phi) is 6.40. The van der Waals surface area contributed by atoms with Crippen molar-refractivity contribution < 1.29 is 9.59 Å². The lowest BCUT2D eigenvalue weighted by Gasteiger charge is -2.30. The molecule has 6 nitrogen and oxygen atoms in total. The smallest absolute Gasteiger partial charge is 0.245 e. The monoisotopic (exact) mass is 430 g/mol. The van der Waals surface area contributed by atoms with Crippen LogP contribution in [0.1, 0.15) is 37.4 Å². The van der Waals surface area contributed by atoms with Crippen molar-refractivity contribution in [1.82, 2.24) is 14.7 Å². The van der Waals surface area contributed by atoms with Gasteiger partial charge in [-0.05, 0) is 50.8 Å². The molecule has 0 aliphatic heterocycles. The Balaban J connectivity index is 1.69. The van der Waals surface area contributed by atoms with Crippen molar-refractivity contribution in [2.45, 2.75) is 40.0 Å². The molecular formula is C26H30N4O2. The predicted molar refractivity (Wildman–Crippen MR) is 127 cm³/mol. The summed E-state index contributed by atoms with van der Waals surface area (Å²) in [5.74, 6) is 0.565. The maximum absolute atomic E-state index is 13.1. The zero-order chi connectivity index (χ0) is 22.7. The molecule has 0 bridgehead atoms. The Morgan fingerprint density at radius 2 is 1.75 bits per heavy atom. The molecule has 1 heterocycles. The number of nitrogens with one attached hydrogen (secondary N) is 1. The second kappa shape index (κ2) is 9.39. The van der Waals surface area contributed by atoms with Gasteiger partial charge in [-0.1, -0.05) is 55.0 Å². The van der Waals surface area contributed by atoms with Gasteiger partial charge in [0.1, 0.15) is 5.82 Å². The minimum Gasteiger partial charge on any atom is -0.333 e. The third-order valence-electron chi connectivity index (χ3n) is 6.21. The molecule has 32 heavy (non-hydrogen) atoms. The second-order valence-electron chi connectivity index (χ2n) is 8.40. The summed E-state index contributed by atoms with van der Waals surface area (Å²) in [7, 11) is 0. The van der Waals surface area contributed by atoms with Crippen molar-refractivity contribution in [2.24, 2.45) is 5.92 Å². The van der Waals surface area contributed by atoms with Gasteiger partial charge in [0, 0.05) is 18.0 Å². The molecule has 0 atom stereocenters. The van der Waals surface area contributed by atoms with E-state index in [9.17, 15) is 9.59 Å². The lowest BCUT2D eigenvalue weighted by atomic mass is 9.84. The highest BCUT2D eigenvalue weighted by molar-refractivity contribution is 5.98. The molecular weight excluding hydrogens is 400 g/mol. The Bertz CT molecular complexity index is 1120. The highest BCUT2D eigenvalue weighted by atomic mass is 16.2. The molecule has 3 aromatic rings. The van der Waals surface area contributed by atoms with Gasteiger partial charge in [0.2, 0.25) is 11.8 Å². The molecule has 1 N–H and O–H groups in total. The zero-order valence-electron chi connectivity index (χ0n) is 19.0. The van der Waals surface area contributed by atoms with Gasteiger partial charge in [-0.2, -0.15) is 5.10 Å². The summed E-state index contributed by atoms with van der Waals surface area (Å²) in [5.41, 5.74) is 4.66. The lowest BCUT2D eigenvalue weighted by molar-refractivity contribution is -0.140. The molecule has 0 unspecified atom stereocenters. The number of likely N-dealkylation sites (N-methyl/N-ethyl adjacent to an activating group) is 1. The zero-order valence-corrected chi connectivity index (χ0v) is 19.0. The minimum absolute atomic E-state index is 0.0397. The summed E-state index contributed by atoms with van der Waals surface area (Å²) in [6, 6.07) is 17.9. The molecule has 0 radical (unpaired) electrons. The maximum Gasteiger partial charge on any atom is 0.245 e. The number of nitrogens with zero attached hydrogens (tertiary/aromatic N) is 3. The molecule has 1 aliphatic rings. The SMILES string of the molecule is CCN(CC(=O)Nc1c(-c2ccccc2)c(C)nn1-c1ccccc1C)C(=O)C1CCC1.